The Labute approximate surface area is 110 Å². The molecule has 17 heavy (non-hydrogen) atoms. The first-order valence-electron chi connectivity index (χ1n) is 5.34. The van der Waals surface area contributed by atoms with Gasteiger partial charge in [0.2, 0.25) is 5.91 Å². The molecule has 1 unspecified atom stereocenters. The van der Waals surface area contributed by atoms with Crippen molar-refractivity contribution in [3.05, 3.63) is 28.7 Å². The zero-order valence-corrected chi connectivity index (χ0v) is 11.3. The first-order valence-corrected chi connectivity index (χ1v) is 6.13. The Hall–Kier alpha value is -1.31. The topological polar surface area (TPSA) is 41.1 Å². The molecule has 0 aliphatic heterocycles. The maximum atomic E-state index is 11.6. The van der Waals surface area contributed by atoms with Crippen molar-refractivity contribution >= 4 is 27.5 Å². The van der Waals surface area contributed by atoms with Gasteiger partial charge in [0.15, 0.2) is 0 Å². The number of anilines is 1. The van der Waals surface area contributed by atoms with E-state index in [2.05, 4.69) is 32.5 Å². The molecule has 0 bridgehead atoms. The molecule has 0 heterocycles. The first kappa shape index (κ1) is 13.8. The second-order valence-electron chi connectivity index (χ2n) is 3.75. The number of rotatable bonds is 5. The number of amides is 1. The smallest absolute Gasteiger partial charge is 0.238 e. The van der Waals surface area contributed by atoms with Crippen LogP contribution in [0, 0.1) is 12.3 Å². The maximum absolute atomic E-state index is 11.6. The average molecular weight is 295 g/mol. The third-order valence-electron chi connectivity index (χ3n) is 2.16. The van der Waals surface area contributed by atoms with E-state index in [-0.39, 0.29) is 18.5 Å². The average Bonchev–Trinajstić information content (AvgIpc) is 2.30. The SMILES string of the molecule is C#CCC(C)NCC(=O)Nc1ccc(Br)cc1. The third-order valence-corrected chi connectivity index (χ3v) is 2.69. The van der Waals surface area contributed by atoms with E-state index in [4.69, 9.17) is 6.42 Å². The number of benzene rings is 1. The second kappa shape index (κ2) is 7.10. The molecule has 1 rings (SSSR count). The lowest BCUT2D eigenvalue weighted by atomic mass is 10.2. The summed E-state index contributed by atoms with van der Waals surface area (Å²) in [6.07, 6.45) is 5.80. The van der Waals surface area contributed by atoms with Crippen molar-refractivity contribution in [1.29, 1.82) is 0 Å². The zero-order chi connectivity index (χ0) is 12.7. The van der Waals surface area contributed by atoms with Crippen LogP contribution in [-0.2, 0) is 4.79 Å². The molecular formula is C13H15BrN2O. The number of terminal acetylenes is 1. The Kier molecular flexibility index (Phi) is 5.75. The van der Waals surface area contributed by atoms with Gasteiger partial charge in [-0.25, -0.2) is 0 Å². The van der Waals surface area contributed by atoms with E-state index in [0.717, 1.165) is 10.2 Å². The van der Waals surface area contributed by atoms with Crippen LogP contribution in [0.1, 0.15) is 13.3 Å². The van der Waals surface area contributed by atoms with E-state index in [0.29, 0.717) is 6.42 Å². The highest BCUT2D eigenvalue weighted by atomic mass is 79.9. The molecule has 0 fully saturated rings. The van der Waals surface area contributed by atoms with E-state index in [1.54, 1.807) is 0 Å². The lowest BCUT2D eigenvalue weighted by Crippen LogP contribution is -2.34. The second-order valence-corrected chi connectivity index (χ2v) is 4.66. The van der Waals surface area contributed by atoms with E-state index in [1.165, 1.54) is 0 Å². The summed E-state index contributed by atoms with van der Waals surface area (Å²) in [6, 6.07) is 7.59. The summed E-state index contributed by atoms with van der Waals surface area (Å²) in [7, 11) is 0. The number of hydrogen-bond acceptors (Lipinski definition) is 2. The molecule has 90 valence electrons. The lowest BCUT2D eigenvalue weighted by molar-refractivity contribution is -0.115. The normalized spacial score (nSPS) is 11.6. The molecule has 0 aliphatic rings. The van der Waals surface area contributed by atoms with E-state index in [1.807, 2.05) is 31.2 Å². The molecule has 1 aromatic carbocycles. The summed E-state index contributed by atoms with van der Waals surface area (Å²) in [5.41, 5.74) is 0.782. The molecular weight excluding hydrogens is 280 g/mol. The van der Waals surface area contributed by atoms with Crippen LogP contribution in [0.5, 0.6) is 0 Å². The predicted molar refractivity (Wildman–Crippen MR) is 73.7 cm³/mol. The standard InChI is InChI=1S/C13H15BrN2O/c1-3-4-10(2)15-9-13(17)16-12-7-5-11(14)6-8-12/h1,5-8,10,15H,4,9H2,2H3,(H,16,17). The number of nitrogens with one attached hydrogen (secondary N) is 2. The first-order chi connectivity index (χ1) is 8.11. The minimum Gasteiger partial charge on any atom is -0.325 e. The molecule has 1 atom stereocenters. The van der Waals surface area contributed by atoms with Gasteiger partial charge in [-0.15, -0.1) is 12.3 Å². The van der Waals surface area contributed by atoms with Crippen LogP contribution >= 0.6 is 15.9 Å². The van der Waals surface area contributed by atoms with Crippen molar-refractivity contribution < 1.29 is 4.79 Å². The fourth-order valence-electron chi connectivity index (χ4n) is 1.25. The molecule has 2 N–H and O–H groups in total. The van der Waals surface area contributed by atoms with Crippen molar-refractivity contribution in [1.82, 2.24) is 5.32 Å². The van der Waals surface area contributed by atoms with E-state index in [9.17, 15) is 4.79 Å². The monoisotopic (exact) mass is 294 g/mol. The van der Waals surface area contributed by atoms with Gasteiger partial charge in [-0.1, -0.05) is 15.9 Å². The molecule has 3 nitrogen and oxygen atoms in total. The molecule has 1 amide bonds. The molecule has 0 aliphatic carbocycles. The fourth-order valence-corrected chi connectivity index (χ4v) is 1.52. The van der Waals surface area contributed by atoms with Gasteiger partial charge >= 0.3 is 0 Å². The maximum Gasteiger partial charge on any atom is 0.238 e. The summed E-state index contributed by atoms with van der Waals surface area (Å²) in [5.74, 6) is 2.47. The largest absolute Gasteiger partial charge is 0.325 e. The quantitative estimate of drug-likeness (QED) is 0.819. The summed E-state index contributed by atoms with van der Waals surface area (Å²) in [5, 5.41) is 5.84. The fraction of sp³-hybridized carbons (Fsp3) is 0.308. The number of halogens is 1. The number of carbonyl (C=O) groups is 1. The Bertz CT molecular complexity index is 408. The predicted octanol–water partition coefficient (Wildman–Crippen LogP) is 2.39. The number of hydrogen-bond donors (Lipinski definition) is 2. The number of carbonyl (C=O) groups excluding carboxylic acids is 1. The molecule has 1 aromatic rings. The lowest BCUT2D eigenvalue weighted by Gasteiger charge is -2.10. The Morgan fingerprint density at radius 3 is 2.71 bits per heavy atom. The van der Waals surface area contributed by atoms with Crippen molar-refractivity contribution in [2.45, 2.75) is 19.4 Å². The third kappa shape index (κ3) is 5.53. The van der Waals surface area contributed by atoms with Gasteiger partial charge in [-0.3, -0.25) is 4.79 Å². The van der Waals surface area contributed by atoms with Crippen molar-refractivity contribution in [3.8, 4) is 12.3 Å². The highest BCUT2D eigenvalue weighted by molar-refractivity contribution is 9.10. The summed E-state index contributed by atoms with van der Waals surface area (Å²) in [4.78, 5) is 11.6. The van der Waals surface area contributed by atoms with Gasteiger partial charge in [-0.05, 0) is 31.2 Å². The Morgan fingerprint density at radius 1 is 1.47 bits per heavy atom. The summed E-state index contributed by atoms with van der Waals surface area (Å²) < 4.78 is 0.983. The molecule has 0 saturated heterocycles. The van der Waals surface area contributed by atoms with Crippen molar-refractivity contribution in [2.75, 3.05) is 11.9 Å². The van der Waals surface area contributed by atoms with E-state index >= 15 is 0 Å². The van der Waals surface area contributed by atoms with Crippen LogP contribution in [-0.4, -0.2) is 18.5 Å². The van der Waals surface area contributed by atoms with Gasteiger partial charge in [0.25, 0.3) is 0 Å². The minimum atomic E-state index is -0.0730. The van der Waals surface area contributed by atoms with Gasteiger partial charge in [0, 0.05) is 22.6 Å². The minimum absolute atomic E-state index is 0.0730. The van der Waals surface area contributed by atoms with Gasteiger partial charge in [0.1, 0.15) is 0 Å². The van der Waals surface area contributed by atoms with Crippen LogP contribution in [0.3, 0.4) is 0 Å². The molecule has 0 radical (unpaired) electrons. The van der Waals surface area contributed by atoms with Gasteiger partial charge < -0.3 is 10.6 Å². The molecule has 0 saturated carbocycles. The van der Waals surface area contributed by atoms with Crippen molar-refractivity contribution in [2.24, 2.45) is 0 Å². The molecule has 0 aromatic heterocycles. The Morgan fingerprint density at radius 2 is 2.12 bits per heavy atom. The highest BCUT2D eigenvalue weighted by Gasteiger charge is 2.04. The zero-order valence-electron chi connectivity index (χ0n) is 9.66. The van der Waals surface area contributed by atoms with Crippen molar-refractivity contribution in [3.63, 3.8) is 0 Å². The van der Waals surface area contributed by atoms with Gasteiger partial charge in [0.05, 0.1) is 6.54 Å². The Balaban J connectivity index is 2.35. The summed E-state index contributed by atoms with van der Waals surface area (Å²) >= 11 is 3.33. The van der Waals surface area contributed by atoms with Crippen LogP contribution in [0.2, 0.25) is 0 Å². The summed E-state index contributed by atoms with van der Waals surface area (Å²) in [6.45, 7) is 2.21. The van der Waals surface area contributed by atoms with Crippen LogP contribution in [0.15, 0.2) is 28.7 Å². The van der Waals surface area contributed by atoms with E-state index < -0.39 is 0 Å². The molecule has 0 spiro atoms. The van der Waals surface area contributed by atoms with Gasteiger partial charge in [-0.2, -0.15) is 0 Å². The van der Waals surface area contributed by atoms with Crippen LogP contribution < -0.4 is 10.6 Å². The van der Waals surface area contributed by atoms with Crippen LogP contribution in [0.25, 0.3) is 0 Å². The molecule has 4 heteroatoms. The highest BCUT2D eigenvalue weighted by Crippen LogP contribution is 2.13. The van der Waals surface area contributed by atoms with Crippen LogP contribution in [0.4, 0.5) is 5.69 Å².